The van der Waals surface area contributed by atoms with Crippen molar-refractivity contribution >= 4 is 0 Å². The van der Waals surface area contributed by atoms with Crippen molar-refractivity contribution in [1.82, 2.24) is 9.78 Å². The van der Waals surface area contributed by atoms with Crippen LogP contribution in [0.2, 0.25) is 0 Å². The average Bonchev–Trinajstić information content (AvgIpc) is 2.69. The molecule has 0 saturated heterocycles. The summed E-state index contributed by atoms with van der Waals surface area (Å²) in [5.41, 5.74) is 7.79. The van der Waals surface area contributed by atoms with Gasteiger partial charge in [0.25, 0.3) is 0 Å². The maximum absolute atomic E-state index is 6.43. The summed E-state index contributed by atoms with van der Waals surface area (Å²) in [6.07, 6.45) is 3.88. The third-order valence-corrected chi connectivity index (χ3v) is 3.48. The van der Waals surface area contributed by atoms with Gasteiger partial charge < -0.3 is 10.5 Å². The monoisotopic (exact) mass is 281 g/mol. The summed E-state index contributed by atoms with van der Waals surface area (Å²) in [4.78, 5) is 0. The molecule has 0 radical (unpaired) electrons. The van der Waals surface area contributed by atoms with Gasteiger partial charge in [0, 0.05) is 6.04 Å². The first kappa shape index (κ1) is 17.0. The molecule has 0 fully saturated rings. The summed E-state index contributed by atoms with van der Waals surface area (Å²) in [7, 11) is 1.68. The van der Waals surface area contributed by atoms with Crippen molar-refractivity contribution in [1.29, 1.82) is 0 Å². The average molecular weight is 281 g/mol. The van der Waals surface area contributed by atoms with Crippen LogP contribution in [0.5, 0.6) is 5.75 Å². The van der Waals surface area contributed by atoms with Crippen LogP contribution >= 0.6 is 0 Å². The van der Waals surface area contributed by atoms with Crippen LogP contribution in [0.1, 0.15) is 72.2 Å². The van der Waals surface area contributed by atoms with E-state index >= 15 is 0 Å². The first-order valence-corrected chi connectivity index (χ1v) is 7.52. The fraction of sp³-hybridized carbons (Fsp3) is 0.812. The minimum atomic E-state index is -0.0350. The van der Waals surface area contributed by atoms with Gasteiger partial charge in [-0.25, -0.2) is 0 Å². The third kappa shape index (κ3) is 4.51. The molecule has 4 nitrogen and oxygen atoms in total. The third-order valence-electron chi connectivity index (χ3n) is 3.48. The number of rotatable bonds is 6. The summed E-state index contributed by atoms with van der Waals surface area (Å²) in [5.74, 6) is 1.37. The lowest BCUT2D eigenvalue weighted by Gasteiger charge is -2.26. The molecule has 0 spiro atoms. The van der Waals surface area contributed by atoms with Crippen LogP contribution in [0.15, 0.2) is 6.20 Å². The standard InChI is InChI=1S/C16H31N3O/c1-11(2)19-15(14(20-7)10-18-19)13(17)8-12(3)9-16(4,5)6/h10-13H,8-9,17H2,1-7H3. The number of ether oxygens (including phenoxy) is 1. The highest BCUT2D eigenvalue weighted by Crippen LogP contribution is 2.33. The van der Waals surface area contributed by atoms with Gasteiger partial charge in [0.05, 0.1) is 25.0 Å². The van der Waals surface area contributed by atoms with E-state index in [2.05, 4.69) is 46.6 Å². The Morgan fingerprint density at radius 3 is 2.35 bits per heavy atom. The van der Waals surface area contributed by atoms with E-state index < -0.39 is 0 Å². The second-order valence-electron chi connectivity index (χ2n) is 7.35. The van der Waals surface area contributed by atoms with Gasteiger partial charge in [-0.15, -0.1) is 0 Å². The number of hydrogen-bond acceptors (Lipinski definition) is 3. The molecule has 1 aromatic heterocycles. The highest BCUT2D eigenvalue weighted by atomic mass is 16.5. The Kier molecular flexibility index (Phi) is 5.63. The molecule has 1 aromatic rings. The molecule has 2 atom stereocenters. The lowest BCUT2D eigenvalue weighted by Crippen LogP contribution is -2.22. The molecule has 4 heteroatoms. The molecule has 0 bridgehead atoms. The molecule has 1 rings (SSSR count). The van der Waals surface area contributed by atoms with Gasteiger partial charge in [0.2, 0.25) is 0 Å². The Balaban J connectivity index is 2.86. The van der Waals surface area contributed by atoms with Crippen LogP contribution in [0.4, 0.5) is 0 Å². The Bertz CT molecular complexity index is 418. The Morgan fingerprint density at radius 2 is 1.90 bits per heavy atom. The van der Waals surface area contributed by atoms with Crippen molar-refractivity contribution in [3.05, 3.63) is 11.9 Å². The molecular formula is C16H31N3O. The van der Waals surface area contributed by atoms with Crippen molar-refractivity contribution in [2.75, 3.05) is 7.11 Å². The van der Waals surface area contributed by atoms with Crippen LogP contribution < -0.4 is 10.5 Å². The van der Waals surface area contributed by atoms with Gasteiger partial charge in [-0.05, 0) is 38.0 Å². The largest absolute Gasteiger partial charge is 0.493 e. The van der Waals surface area contributed by atoms with Gasteiger partial charge >= 0.3 is 0 Å². The zero-order chi connectivity index (χ0) is 15.5. The normalized spacial score (nSPS) is 15.4. The van der Waals surface area contributed by atoms with Gasteiger partial charge in [0.15, 0.2) is 5.75 Å². The number of nitrogens with zero attached hydrogens (tertiary/aromatic N) is 2. The van der Waals surface area contributed by atoms with E-state index in [9.17, 15) is 0 Å². The zero-order valence-corrected chi connectivity index (χ0v) is 14.1. The highest BCUT2D eigenvalue weighted by molar-refractivity contribution is 5.28. The van der Waals surface area contributed by atoms with Crippen molar-refractivity contribution in [3.63, 3.8) is 0 Å². The van der Waals surface area contributed by atoms with Gasteiger partial charge in [-0.3, -0.25) is 4.68 Å². The molecule has 0 aromatic carbocycles. The SMILES string of the molecule is COc1cnn(C(C)C)c1C(N)CC(C)CC(C)(C)C. The van der Waals surface area contributed by atoms with E-state index in [1.165, 1.54) is 6.42 Å². The van der Waals surface area contributed by atoms with E-state index in [0.29, 0.717) is 11.3 Å². The van der Waals surface area contributed by atoms with Crippen molar-refractivity contribution < 1.29 is 4.74 Å². The second kappa shape index (κ2) is 6.61. The maximum Gasteiger partial charge on any atom is 0.161 e. The molecule has 116 valence electrons. The Labute approximate surface area is 123 Å². The molecule has 0 aliphatic heterocycles. The van der Waals surface area contributed by atoms with E-state index in [4.69, 9.17) is 10.5 Å². The summed E-state index contributed by atoms with van der Waals surface area (Å²) < 4.78 is 7.40. The zero-order valence-electron chi connectivity index (χ0n) is 14.1. The molecule has 2 unspecified atom stereocenters. The highest BCUT2D eigenvalue weighted by Gasteiger charge is 2.24. The minimum absolute atomic E-state index is 0.0350. The van der Waals surface area contributed by atoms with Crippen LogP contribution in [0, 0.1) is 11.3 Å². The molecule has 2 N–H and O–H groups in total. The predicted molar refractivity (Wildman–Crippen MR) is 83.9 cm³/mol. The second-order valence-corrected chi connectivity index (χ2v) is 7.35. The first-order valence-electron chi connectivity index (χ1n) is 7.52. The number of methoxy groups -OCH3 is 1. The topological polar surface area (TPSA) is 53.1 Å². The fourth-order valence-electron chi connectivity index (χ4n) is 2.95. The summed E-state index contributed by atoms with van der Waals surface area (Å²) >= 11 is 0. The first-order chi connectivity index (χ1) is 9.15. The minimum Gasteiger partial charge on any atom is -0.493 e. The van der Waals surface area contributed by atoms with Crippen LogP contribution in [0.25, 0.3) is 0 Å². The Morgan fingerprint density at radius 1 is 1.30 bits per heavy atom. The fourth-order valence-corrected chi connectivity index (χ4v) is 2.95. The molecule has 0 aliphatic rings. The predicted octanol–water partition coefficient (Wildman–Crippen LogP) is 3.93. The van der Waals surface area contributed by atoms with Gasteiger partial charge in [-0.1, -0.05) is 27.7 Å². The van der Waals surface area contributed by atoms with Crippen LogP contribution in [-0.4, -0.2) is 16.9 Å². The quantitative estimate of drug-likeness (QED) is 0.859. The Hall–Kier alpha value is -1.03. The van der Waals surface area contributed by atoms with Crippen LogP contribution in [-0.2, 0) is 0 Å². The molecule has 20 heavy (non-hydrogen) atoms. The van der Waals surface area contributed by atoms with Gasteiger partial charge in [-0.2, -0.15) is 5.10 Å². The van der Waals surface area contributed by atoms with Crippen LogP contribution in [0.3, 0.4) is 0 Å². The number of aromatic nitrogens is 2. The van der Waals surface area contributed by atoms with Crippen molar-refractivity contribution in [3.8, 4) is 5.75 Å². The lowest BCUT2D eigenvalue weighted by atomic mass is 9.82. The van der Waals surface area contributed by atoms with Gasteiger partial charge in [0.1, 0.15) is 0 Å². The molecular weight excluding hydrogens is 250 g/mol. The van der Waals surface area contributed by atoms with Crippen molar-refractivity contribution in [2.24, 2.45) is 17.1 Å². The number of hydrogen-bond donors (Lipinski definition) is 1. The lowest BCUT2D eigenvalue weighted by molar-refractivity contribution is 0.281. The smallest absolute Gasteiger partial charge is 0.161 e. The summed E-state index contributed by atoms with van der Waals surface area (Å²) in [5, 5.41) is 4.40. The van der Waals surface area contributed by atoms with E-state index in [0.717, 1.165) is 17.9 Å². The van der Waals surface area contributed by atoms with E-state index in [-0.39, 0.29) is 12.1 Å². The molecule has 0 amide bonds. The molecule has 0 aliphatic carbocycles. The maximum atomic E-state index is 6.43. The molecule has 1 heterocycles. The summed E-state index contributed by atoms with van der Waals surface area (Å²) in [6.45, 7) is 13.3. The van der Waals surface area contributed by atoms with E-state index in [1.807, 2.05) is 4.68 Å². The molecule has 0 saturated carbocycles. The summed E-state index contributed by atoms with van der Waals surface area (Å²) in [6, 6.07) is 0.255. The van der Waals surface area contributed by atoms with Crippen molar-refractivity contribution in [2.45, 2.75) is 66.5 Å². The number of nitrogens with two attached hydrogens (primary N) is 1. The van der Waals surface area contributed by atoms with E-state index in [1.54, 1.807) is 13.3 Å².